The fourth-order valence-corrected chi connectivity index (χ4v) is 3.60. The van der Waals surface area contributed by atoms with Crippen LogP contribution in [0.15, 0.2) is 12.2 Å². The van der Waals surface area contributed by atoms with Crippen LogP contribution in [-0.4, -0.2) is 35.2 Å². The van der Waals surface area contributed by atoms with Crippen LogP contribution < -0.4 is 0 Å². The number of rotatable bonds is 3. The Hall–Kier alpha value is -1.98. The molecule has 0 spiro atoms. The first-order valence-corrected chi connectivity index (χ1v) is 6.74. The molecular formula is C14H15NO5. The molecule has 0 radical (unpaired) electrons. The molecule has 4 unspecified atom stereocenters. The number of allylic oxidation sites excluding steroid dienone is 2. The normalized spacial score (nSPS) is 33.8. The first-order valence-electron chi connectivity index (χ1n) is 6.74. The van der Waals surface area contributed by atoms with Crippen LogP contribution in [0.4, 0.5) is 0 Å². The van der Waals surface area contributed by atoms with E-state index in [0.717, 1.165) is 18.2 Å². The second-order valence-corrected chi connectivity index (χ2v) is 5.54. The third kappa shape index (κ3) is 1.87. The highest BCUT2D eigenvalue weighted by Gasteiger charge is 2.59. The molecule has 0 N–H and O–H groups in total. The number of likely N-dealkylation sites (tertiary alicyclic amines) is 1. The van der Waals surface area contributed by atoms with Gasteiger partial charge < -0.3 is 4.74 Å². The van der Waals surface area contributed by atoms with E-state index < -0.39 is 11.9 Å². The summed E-state index contributed by atoms with van der Waals surface area (Å²) in [6, 6.07) is 0. The lowest BCUT2D eigenvalue weighted by molar-refractivity contribution is -0.158. The molecule has 1 saturated carbocycles. The average molecular weight is 277 g/mol. The predicted octanol–water partition coefficient (Wildman–Crippen LogP) is 0.273. The molecule has 1 aliphatic heterocycles. The van der Waals surface area contributed by atoms with Crippen LogP contribution >= 0.6 is 0 Å². The Kier molecular flexibility index (Phi) is 2.96. The van der Waals surface area contributed by atoms with Gasteiger partial charge in [0.2, 0.25) is 11.8 Å². The van der Waals surface area contributed by atoms with Crippen LogP contribution in [0.1, 0.15) is 19.8 Å². The van der Waals surface area contributed by atoms with Crippen molar-refractivity contribution in [2.45, 2.75) is 19.8 Å². The number of esters is 2. The molecule has 20 heavy (non-hydrogen) atoms. The summed E-state index contributed by atoms with van der Waals surface area (Å²) in [5, 5.41) is 0. The molecule has 106 valence electrons. The van der Waals surface area contributed by atoms with Crippen molar-refractivity contribution in [3.05, 3.63) is 12.2 Å². The maximum absolute atomic E-state index is 12.3. The zero-order valence-corrected chi connectivity index (χ0v) is 11.1. The van der Waals surface area contributed by atoms with Crippen molar-refractivity contribution in [1.29, 1.82) is 0 Å². The highest BCUT2D eigenvalue weighted by Crippen LogP contribution is 2.52. The van der Waals surface area contributed by atoms with E-state index in [-0.39, 0.29) is 48.5 Å². The van der Waals surface area contributed by atoms with Crippen molar-refractivity contribution in [1.82, 2.24) is 4.90 Å². The van der Waals surface area contributed by atoms with Gasteiger partial charge in [0.1, 0.15) is 0 Å². The van der Waals surface area contributed by atoms with Crippen molar-refractivity contribution in [3.63, 3.8) is 0 Å². The standard InChI is InChI=1S/C14H15NO5/c1-7(16)20-10(17)4-5-15-13(18)11-8-2-3-9(6-8)12(11)14(15)19/h2-3,8-9,11-12H,4-6H2,1H3. The van der Waals surface area contributed by atoms with E-state index in [1.165, 1.54) is 0 Å². The lowest BCUT2D eigenvalue weighted by Crippen LogP contribution is -2.35. The molecule has 0 aromatic carbocycles. The second-order valence-electron chi connectivity index (χ2n) is 5.54. The number of carbonyl (C=O) groups is 4. The van der Waals surface area contributed by atoms with E-state index >= 15 is 0 Å². The summed E-state index contributed by atoms with van der Waals surface area (Å²) in [5.41, 5.74) is 0. The Labute approximate surface area is 115 Å². The van der Waals surface area contributed by atoms with Gasteiger partial charge in [0.25, 0.3) is 0 Å². The van der Waals surface area contributed by atoms with E-state index in [9.17, 15) is 19.2 Å². The number of fused-ring (bicyclic) bond motifs is 5. The monoisotopic (exact) mass is 277 g/mol. The van der Waals surface area contributed by atoms with Gasteiger partial charge in [-0.25, -0.2) is 0 Å². The summed E-state index contributed by atoms with van der Waals surface area (Å²) >= 11 is 0. The molecule has 2 fully saturated rings. The number of hydrogen-bond donors (Lipinski definition) is 0. The largest absolute Gasteiger partial charge is 0.393 e. The van der Waals surface area contributed by atoms with Gasteiger partial charge in [-0.05, 0) is 18.3 Å². The minimum atomic E-state index is -0.712. The van der Waals surface area contributed by atoms with Gasteiger partial charge in [0.15, 0.2) is 0 Å². The van der Waals surface area contributed by atoms with Crippen molar-refractivity contribution in [3.8, 4) is 0 Å². The first kappa shape index (κ1) is 13.0. The SMILES string of the molecule is CC(=O)OC(=O)CCN1C(=O)C2C3C=CC(C3)C2C1=O. The molecule has 2 aliphatic carbocycles. The smallest absolute Gasteiger partial charge is 0.315 e. The zero-order valence-electron chi connectivity index (χ0n) is 11.1. The van der Waals surface area contributed by atoms with Crippen LogP contribution in [0.25, 0.3) is 0 Å². The van der Waals surface area contributed by atoms with Crippen molar-refractivity contribution < 1.29 is 23.9 Å². The van der Waals surface area contributed by atoms with Gasteiger partial charge in [-0.15, -0.1) is 0 Å². The van der Waals surface area contributed by atoms with Crippen LogP contribution in [0, 0.1) is 23.7 Å². The summed E-state index contributed by atoms with van der Waals surface area (Å²) in [4.78, 5) is 47.6. The fourth-order valence-electron chi connectivity index (χ4n) is 3.60. The molecule has 3 aliphatic rings. The van der Waals surface area contributed by atoms with Crippen LogP contribution in [0.2, 0.25) is 0 Å². The number of hydrogen-bond acceptors (Lipinski definition) is 5. The summed E-state index contributed by atoms with van der Waals surface area (Å²) in [6.45, 7) is 1.13. The highest BCUT2D eigenvalue weighted by atomic mass is 16.6. The Bertz CT molecular complexity index is 508. The Morgan fingerprint density at radius 2 is 1.75 bits per heavy atom. The molecule has 0 aromatic rings. The number of ether oxygens (including phenoxy) is 1. The molecular weight excluding hydrogens is 262 g/mol. The van der Waals surface area contributed by atoms with Gasteiger partial charge >= 0.3 is 11.9 Å². The molecule has 0 aromatic heterocycles. The summed E-state index contributed by atoms with van der Waals surface area (Å²) < 4.78 is 4.39. The average Bonchev–Trinajstić information content (AvgIpc) is 3.02. The van der Waals surface area contributed by atoms with Crippen LogP contribution in [0.3, 0.4) is 0 Å². The van der Waals surface area contributed by atoms with E-state index in [4.69, 9.17) is 0 Å². The number of carbonyl (C=O) groups excluding carboxylic acids is 4. The first-order chi connectivity index (χ1) is 9.49. The molecule has 6 heteroatoms. The Morgan fingerprint density at radius 1 is 1.20 bits per heavy atom. The number of imide groups is 1. The topological polar surface area (TPSA) is 80.8 Å². The molecule has 6 nitrogen and oxygen atoms in total. The molecule has 2 amide bonds. The van der Waals surface area contributed by atoms with Gasteiger partial charge in [-0.3, -0.25) is 24.1 Å². The lowest BCUT2D eigenvalue weighted by Gasteiger charge is -2.16. The summed E-state index contributed by atoms with van der Waals surface area (Å²) in [7, 11) is 0. The molecule has 1 saturated heterocycles. The van der Waals surface area contributed by atoms with Gasteiger partial charge in [0, 0.05) is 13.5 Å². The van der Waals surface area contributed by atoms with E-state index in [1.54, 1.807) is 0 Å². The minimum Gasteiger partial charge on any atom is -0.393 e. The number of amides is 2. The second kappa shape index (κ2) is 4.54. The van der Waals surface area contributed by atoms with E-state index in [2.05, 4.69) is 4.74 Å². The molecule has 3 rings (SSSR count). The van der Waals surface area contributed by atoms with E-state index in [1.807, 2.05) is 12.2 Å². The van der Waals surface area contributed by atoms with Crippen molar-refractivity contribution in [2.24, 2.45) is 23.7 Å². The lowest BCUT2D eigenvalue weighted by atomic mass is 9.85. The van der Waals surface area contributed by atoms with Crippen LogP contribution in [-0.2, 0) is 23.9 Å². The highest BCUT2D eigenvalue weighted by molar-refractivity contribution is 6.06. The minimum absolute atomic E-state index is 0.00375. The maximum atomic E-state index is 12.3. The van der Waals surface area contributed by atoms with Gasteiger partial charge in [-0.1, -0.05) is 12.2 Å². The summed E-state index contributed by atoms with van der Waals surface area (Å²) in [5.74, 6) is -1.95. The predicted molar refractivity (Wildman–Crippen MR) is 65.8 cm³/mol. The van der Waals surface area contributed by atoms with Crippen molar-refractivity contribution in [2.75, 3.05) is 6.54 Å². The maximum Gasteiger partial charge on any atom is 0.315 e. The van der Waals surface area contributed by atoms with Crippen molar-refractivity contribution >= 4 is 23.8 Å². The molecule has 2 bridgehead atoms. The van der Waals surface area contributed by atoms with Gasteiger partial charge in [0.05, 0.1) is 18.3 Å². The Balaban J connectivity index is 1.65. The molecule has 4 atom stereocenters. The quantitative estimate of drug-likeness (QED) is 0.320. The third-order valence-electron chi connectivity index (χ3n) is 4.36. The van der Waals surface area contributed by atoms with Gasteiger partial charge in [-0.2, -0.15) is 0 Å². The summed E-state index contributed by atoms with van der Waals surface area (Å²) in [6.07, 6.45) is 4.78. The van der Waals surface area contributed by atoms with E-state index in [0.29, 0.717) is 0 Å². The molecule has 1 heterocycles. The Morgan fingerprint density at radius 3 is 2.25 bits per heavy atom. The number of nitrogens with zero attached hydrogens (tertiary/aromatic N) is 1. The zero-order chi connectivity index (χ0) is 14.4. The van der Waals surface area contributed by atoms with Crippen LogP contribution in [0.5, 0.6) is 0 Å². The fraction of sp³-hybridized carbons (Fsp3) is 0.571. The third-order valence-corrected chi connectivity index (χ3v) is 4.36.